The number of pyridine rings is 1. The number of aromatic amines is 1. The van der Waals surface area contributed by atoms with E-state index in [1.165, 1.54) is 0 Å². The summed E-state index contributed by atoms with van der Waals surface area (Å²) in [6.45, 7) is 0. The van der Waals surface area contributed by atoms with E-state index in [4.69, 9.17) is 0 Å². The number of nitrogens with zero attached hydrogens (tertiary/aromatic N) is 3. The molecule has 4 aromatic rings. The van der Waals surface area contributed by atoms with Crippen LogP contribution in [0.3, 0.4) is 0 Å². The summed E-state index contributed by atoms with van der Waals surface area (Å²) in [6.07, 6.45) is 7.02. The largest absolute Gasteiger partial charge is 1.00 e. The Balaban J connectivity index is 0.00000225. The Morgan fingerprint density at radius 1 is 0.893 bits per heavy atom. The van der Waals surface area contributed by atoms with Gasteiger partial charge in [0.2, 0.25) is 0 Å². The molecule has 0 spiro atoms. The number of H-pyrrole nitrogens is 1. The molecule has 5 nitrogen and oxygen atoms in total. The van der Waals surface area contributed by atoms with Gasteiger partial charge in [-0.05, 0) is 6.07 Å². The molecular weight excluding hydrogens is 372 g/mol. The van der Waals surface area contributed by atoms with E-state index >= 15 is 0 Å². The molecule has 2 aromatic carbocycles. The number of benzene rings is 2. The van der Waals surface area contributed by atoms with Gasteiger partial charge in [0.1, 0.15) is 0 Å². The molecule has 2 aromatic heterocycles. The Labute approximate surface area is 168 Å². The van der Waals surface area contributed by atoms with Crippen LogP contribution in [0.25, 0.3) is 29.0 Å². The van der Waals surface area contributed by atoms with Gasteiger partial charge in [-0.15, -0.1) is 0 Å². The van der Waals surface area contributed by atoms with E-state index in [-0.39, 0.29) is 18.2 Å². The van der Waals surface area contributed by atoms with Crippen molar-refractivity contribution in [2.24, 2.45) is 0 Å². The normalized spacial score (nSPS) is 10.6. The first kappa shape index (κ1) is 19.2. The molecule has 2 heterocycles. The molecular formula is C22H17ClN4O. The Morgan fingerprint density at radius 2 is 1.57 bits per heavy atom. The van der Waals surface area contributed by atoms with E-state index < -0.39 is 0 Å². The molecule has 1 N–H and O–H groups in total. The van der Waals surface area contributed by atoms with E-state index in [1.807, 2.05) is 77.6 Å². The molecule has 0 bridgehead atoms. The van der Waals surface area contributed by atoms with Crippen molar-refractivity contribution >= 4 is 12.0 Å². The zero-order valence-corrected chi connectivity index (χ0v) is 15.6. The summed E-state index contributed by atoms with van der Waals surface area (Å²) in [7, 11) is 0. The Hall–Kier alpha value is -3.57. The van der Waals surface area contributed by atoms with Crippen LogP contribution in [-0.2, 0) is 0 Å². The fourth-order valence-corrected chi connectivity index (χ4v) is 2.69. The van der Waals surface area contributed by atoms with E-state index in [9.17, 15) is 4.79 Å². The van der Waals surface area contributed by atoms with Crippen LogP contribution in [0.15, 0.2) is 91.3 Å². The van der Waals surface area contributed by atoms with Crippen molar-refractivity contribution in [3.05, 3.63) is 96.8 Å². The van der Waals surface area contributed by atoms with Crippen molar-refractivity contribution < 1.29 is 21.8 Å². The predicted octanol–water partition coefficient (Wildman–Crippen LogP) is 0.784. The third-order valence-electron chi connectivity index (χ3n) is 4.07. The highest BCUT2D eigenvalue weighted by Gasteiger charge is 2.11. The highest BCUT2D eigenvalue weighted by atomic mass is 35.5. The average molecular weight is 389 g/mol. The lowest BCUT2D eigenvalue weighted by atomic mass is 10.1. The molecule has 6 heteroatoms. The van der Waals surface area contributed by atoms with Gasteiger partial charge in [0.25, 0.3) is 0 Å². The second-order valence-corrected chi connectivity index (χ2v) is 5.96. The highest BCUT2D eigenvalue weighted by Crippen LogP contribution is 2.18. The molecule has 0 unspecified atom stereocenters. The second kappa shape index (κ2) is 8.88. The number of halogens is 1. The van der Waals surface area contributed by atoms with E-state index in [0.29, 0.717) is 11.4 Å². The highest BCUT2D eigenvalue weighted by molar-refractivity contribution is 6.05. The molecule has 0 atom stereocenters. The minimum absolute atomic E-state index is 0. The van der Waals surface area contributed by atoms with Gasteiger partial charge >= 0.3 is 0 Å². The average Bonchev–Trinajstić information content (AvgIpc) is 3.24. The first-order chi connectivity index (χ1) is 13.3. The lowest BCUT2D eigenvalue weighted by molar-refractivity contribution is -0.567. The van der Waals surface area contributed by atoms with Crippen LogP contribution in [0.5, 0.6) is 0 Å². The third kappa shape index (κ3) is 4.39. The number of nitrogens with one attached hydrogen (secondary N) is 1. The molecule has 0 amide bonds. The number of rotatable bonds is 5. The fraction of sp³-hybridized carbons (Fsp3) is 0. The fourth-order valence-electron chi connectivity index (χ4n) is 2.69. The standard InChI is InChI=1S/C22H17N4O.ClH/c27-20(17-8-3-1-4-9-17)13-15-26-14-7-12-19(16-26)22-23-21(24-25-22)18-10-5-2-6-11-18;/h1-16H,(H,23,24,25);1H/q+1;/p-1/b15-13+;. The van der Waals surface area contributed by atoms with Gasteiger partial charge in [-0.1, -0.05) is 60.7 Å². The molecule has 138 valence electrons. The molecule has 0 saturated heterocycles. The summed E-state index contributed by atoms with van der Waals surface area (Å²) >= 11 is 0. The minimum Gasteiger partial charge on any atom is -1.00 e. The Bertz CT molecular complexity index is 1090. The number of carbonyl (C=O) groups is 1. The van der Waals surface area contributed by atoms with Crippen LogP contribution in [0.2, 0.25) is 0 Å². The van der Waals surface area contributed by atoms with Gasteiger partial charge in [-0.25, -0.2) is 4.98 Å². The van der Waals surface area contributed by atoms with Gasteiger partial charge in [-0.3, -0.25) is 9.89 Å². The van der Waals surface area contributed by atoms with Crippen molar-refractivity contribution in [1.29, 1.82) is 0 Å². The lowest BCUT2D eigenvalue weighted by Crippen LogP contribution is -3.00. The summed E-state index contributed by atoms with van der Waals surface area (Å²) in [5.41, 5.74) is 2.49. The number of allylic oxidation sites excluding steroid dienone is 1. The Morgan fingerprint density at radius 3 is 2.32 bits per heavy atom. The molecule has 0 fully saturated rings. The summed E-state index contributed by atoms with van der Waals surface area (Å²) < 4.78 is 1.81. The van der Waals surface area contributed by atoms with Gasteiger partial charge in [0.05, 0.1) is 11.6 Å². The third-order valence-corrected chi connectivity index (χ3v) is 4.07. The Kier molecular flexibility index (Phi) is 6.09. The zero-order valence-electron chi connectivity index (χ0n) is 14.9. The summed E-state index contributed by atoms with van der Waals surface area (Å²) in [4.78, 5) is 16.8. The molecule has 4 rings (SSSR count). The van der Waals surface area contributed by atoms with Crippen LogP contribution in [-0.4, -0.2) is 21.0 Å². The molecule has 0 aliphatic rings. The number of hydrogen-bond acceptors (Lipinski definition) is 3. The van der Waals surface area contributed by atoms with Crippen molar-refractivity contribution in [2.45, 2.75) is 0 Å². The maximum absolute atomic E-state index is 12.2. The van der Waals surface area contributed by atoms with Crippen LogP contribution in [0.4, 0.5) is 0 Å². The SMILES string of the molecule is O=C(/C=C/[n+]1cccc(-c2n[nH]c(-c3ccccc3)n2)c1)c1ccccc1.[Cl-]. The van der Waals surface area contributed by atoms with Crippen LogP contribution >= 0.6 is 0 Å². The number of hydrogen-bond donors (Lipinski definition) is 1. The lowest BCUT2D eigenvalue weighted by Gasteiger charge is -1.95. The summed E-state index contributed by atoms with van der Waals surface area (Å²) in [6, 6.07) is 22.9. The van der Waals surface area contributed by atoms with Crippen molar-refractivity contribution in [3.8, 4) is 22.8 Å². The molecule has 0 saturated carbocycles. The summed E-state index contributed by atoms with van der Waals surface area (Å²) in [5, 5.41) is 7.28. The first-order valence-corrected chi connectivity index (χ1v) is 8.56. The van der Waals surface area contributed by atoms with E-state index in [1.54, 1.807) is 24.4 Å². The predicted molar refractivity (Wildman–Crippen MR) is 104 cm³/mol. The van der Waals surface area contributed by atoms with Gasteiger partial charge in [-0.2, -0.15) is 9.67 Å². The van der Waals surface area contributed by atoms with Gasteiger partial charge in [0, 0.05) is 17.2 Å². The van der Waals surface area contributed by atoms with Crippen LogP contribution in [0.1, 0.15) is 10.4 Å². The second-order valence-electron chi connectivity index (χ2n) is 5.96. The minimum atomic E-state index is -0.0437. The monoisotopic (exact) mass is 388 g/mol. The van der Waals surface area contributed by atoms with Crippen molar-refractivity contribution in [1.82, 2.24) is 15.2 Å². The molecule has 0 aliphatic heterocycles. The quantitative estimate of drug-likeness (QED) is 0.312. The molecule has 0 radical (unpaired) electrons. The molecule has 28 heavy (non-hydrogen) atoms. The van der Waals surface area contributed by atoms with Gasteiger partial charge < -0.3 is 12.4 Å². The maximum Gasteiger partial charge on any atom is 0.191 e. The van der Waals surface area contributed by atoms with Gasteiger partial charge in [0.15, 0.2) is 36.0 Å². The van der Waals surface area contributed by atoms with Crippen LogP contribution < -0.4 is 17.0 Å². The number of carbonyl (C=O) groups excluding carboxylic acids is 1. The van der Waals surface area contributed by atoms with E-state index in [0.717, 1.165) is 17.0 Å². The number of aromatic nitrogens is 4. The molecule has 0 aliphatic carbocycles. The maximum atomic E-state index is 12.2. The van der Waals surface area contributed by atoms with E-state index in [2.05, 4.69) is 15.2 Å². The smallest absolute Gasteiger partial charge is 0.191 e. The van der Waals surface area contributed by atoms with Crippen molar-refractivity contribution in [2.75, 3.05) is 0 Å². The van der Waals surface area contributed by atoms with Crippen molar-refractivity contribution in [3.63, 3.8) is 0 Å². The number of ketones is 1. The van der Waals surface area contributed by atoms with Crippen LogP contribution in [0, 0.1) is 0 Å². The topological polar surface area (TPSA) is 62.5 Å². The first-order valence-electron chi connectivity index (χ1n) is 8.56. The summed E-state index contributed by atoms with van der Waals surface area (Å²) in [5.74, 6) is 1.28. The zero-order chi connectivity index (χ0) is 18.5.